The summed E-state index contributed by atoms with van der Waals surface area (Å²) in [6, 6.07) is 17.8. The van der Waals surface area contributed by atoms with Crippen LogP contribution in [0.3, 0.4) is 0 Å². The van der Waals surface area contributed by atoms with Gasteiger partial charge in [0.1, 0.15) is 23.7 Å². The van der Waals surface area contributed by atoms with Crippen LogP contribution in [0.15, 0.2) is 90.1 Å². The number of carbonyl (C=O) groups is 2. The zero-order chi connectivity index (χ0) is 37.8. The van der Waals surface area contributed by atoms with Gasteiger partial charge in [0.05, 0.1) is 33.9 Å². The zero-order valence-electron chi connectivity index (χ0n) is 28.1. The molecule has 272 valence electrons. The van der Waals surface area contributed by atoms with Crippen LogP contribution in [0, 0.1) is 22.7 Å². The van der Waals surface area contributed by atoms with Crippen molar-refractivity contribution in [3.05, 3.63) is 107 Å². The molecule has 0 spiro atoms. The molecule has 0 unspecified atom stereocenters. The first kappa shape index (κ1) is 37.2. The van der Waals surface area contributed by atoms with E-state index in [1.54, 1.807) is 24.3 Å². The van der Waals surface area contributed by atoms with Gasteiger partial charge in [-0.3, -0.25) is 19.2 Å². The van der Waals surface area contributed by atoms with E-state index in [-0.39, 0.29) is 56.4 Å². The number of nitriles is 2. The van der Waals surface area contributed by atoms with Gasteiger partial charge in [-0.2, -0.15) is 10.5 Å². The largest absolute Gasteiger partial charge is 0.351 e. The highest BCUT2D eigenvalue weighted by Crippen LogP contribution is 2.37. The molecule has 1 aliphatic carbocycles. The van der Waals surface area contributed by atoms with Gasteiger partial charge in [0.2, 0.25) is 15.9 Å². The molecule has 17 heteroatoms. The van der Waals surface area contributed by atoms with Gasteiger partial charge in [0.15, 0.2) is 0 Å². The smallest absolute Gasteiger partial charge is 0.263 e. The van der Waals surface area contributed by atoms with Gasteiger partial charge in [-0.05, 0) is 67.8 Å². The molecule has 3 heterocycles. The average molecular weight is 773 g/mol. The number of nitrogens with one attached hydrogen (secondary N) is 2. The molecule has 1 aliphatic heterocycles. The molecule has 2 N–H and O–H groups in total. The first-order chi connectivity index (χ1) is 25.4. The summed E-state index contributed by atoms with van der Waals surface area (Å²) < 4.78 is 57.7. The summed E-state index contributed by atoms with van der Waals surface area (Å²) >= 11 is 6.72. The molecule has 2 fully saturated rings. The maximum Gasteiger partial charge on any atom is 0.263 e. The first-order valence-electron chi connectivity index (χ1n) is 16.7. The van der Waals surface area contributed by atoms with Crippen molar-refractivity contribution in [3.63, 3.8) is 0 Å². The van der Waals surface area contributed by atoms with E-state index in [4.69, 9.17) is 11.6 Å². The van der Waals surface area contributed by atoms with Gasteiger partial charge >= 0.3 is 0 Å². The molecule has 2 aromatic heterocycles. The number of halogens is 1. The van der Waals surface area contributed by atoms with E-state index in [1.165, 1.54) is 60.9 Å². The van der Waals surface area contributed by atoms with E-state index in [1.807, 2.05) is 12.1 Å². The van der Waals surface area contributed by atoms with Crippen molar-refractivity contribution in [2.45, 2.75) is 61.5 Å². The second kappa shape index (κ2) is 15.6. The van der Waals surface area contributed by atoms with Crippen LogP contribution in [0.5, 0.6) is 0 Å². The second-order valence-electron chi connectivity index (χ2n) is 12.6. The normalized spacial score (nSPS) is 17.6. The Bertz CT molecular complexity index is 2360. The number of amides is 2. The number of benzene rings is 2. The first-order valence-corrected chi connectivity index (χ1v) is 20.1. The summed E-state index contributed by atoms with van der Waals surface area (Å²) in [5.41, 5.74) is 0.446. The summed E-state index contributed by atoms with van der Waals surface area (Å²) in [5.74, 6) is -2.17. The summed E-state index contributed by atoms with van der Waals surface area (Å²) in [7, 11) is -8.53. The quantitative estimate of drug-likeness (QED) is 0.225. The van der Waals surface area contributed by atoms with E-state index in [0.29, 0.717) is 12.8 Å². The van der Waals surface area contributed by atoms with Crippen LogP contribution in [0.2, 0.25) is 5.02 Å². The zero-order valence-corrected chi connectivity index (χ0v) is 30.5. The molecule has 1 saturated carbocycles. The molecule has 53 heavy (non-hydrogen) atoms. The van der Waals surface area contributed by atoms with Crippen LogP contribution in [0.4, 0.5) is 17.3 Å². The molecule has 14 nitrogen and oxygen atoms in total. The predicted octanol–water partition coefficient (Wildman–Crippen LogP) is 4.81. The fraction of sp³-hybridized carbons (Fsp3) is 0.278. The highest BCUT2D eigenvalue weighted by molar-refractivity contribution is 7.93. The fourth-order valence-electron chi connectivity index (χ4n) is 6.54. The van der Waals surface area contributed by atoms with E-state index < -0.39 is 49.7 Å². The number of pyridine rings is 2. The Morgan fingerprint density at radius 1 is 0.906 bits per heavy atom. The number of carbonyl (C=O) groups excluding carboxylic acids is 2. The Morgan fingerprint density at radius 2 is 1.60 bits per heavy atom. The Kier molecular flexibility index (Phi) is 10.9. The lowest BCUT2D eigenvalue weighted by Crippen LogP contribution is -2.53. The maximum absolute atomic E-state index is 15.1. The molecule has 2 aromatic carbocycles. The summed E-state index contributed by atoms with van der Waals surface area (Å²) in [5, 5.41) is 22.0. The lowest BCUT2D eigenvalue weighted by atomic mass is 9.94. The van der Waals surface area contributed by atoms with Crippen LogP contribution < -0.4 is 19.2 Å². The number of hydrogen-bond donors (Lipinski definition) is 2. The Hall–Kier alpha value is -5.55. The van der Waals surface area contributed by atoms with Crippen LogP contribution in [0.25, 0.3) is 0 Å². The fourth-order valence-corrected chi connectivity index (χ4v) is 9.51. The number of sulfonamides is 2. The van der Waals surface area contributed by atoms with Gasteiger partial charge in [0, 0.05) is 34.7 Å². The average Bonchev–Trinajstić information content (AvgIpc) is 3.48. The summed E-state index contributed by atoms with van der Waals surface area (Å²) in [6.07, 6.45) is 6.57. The van der Waals surface area contributed by atoms with E-state index >= 15 is 4.79 Å². The second-order valence-corrected chi connectivity index (χ2v) is 16.6. The molecular weight excluding hydrogens is 740 g/mol. The van der Waals surface area contributed by atoms with E-state index in [0.717, 1.165) is 28.5 Å². The number of aromatic nitrogens is 2. The van der Waals surface area contributed by atoms with Crippen LogP contribution in [-0.2, 0) is 29.6 Å². The number of rotatable bonds is 10. The van der Waals surface area contributed by atoms with Crippen molar-refractivity contribution < 1.29 is 26.4 Å². The number of hydrogen-bond acceptors (Lipinski definition) is 10. The Labute approximate surface area is 312 Å². The van der Waals surface area contributed by atoms with Crippen molar-refractivity contribution >= 4 is 60.8 Å². The van der Waals surface area contributed by atoms with Gasteiger partial charge in [-0.1, -0.05) is 55.1 Å². The molecular formula is C36H33ClN8O6S2. The molecule has 1 saturated heterocycles. The Balaban J connectivity index is 1.50. The van der Waals surface area contributed by atoms with Crippen molar-refractivity contribution in [2.24, 2.45) is 0 Å². The molecule has 0 bridgehead atoms. The van der Waals surface area contributed by atoms with Crippen molar-refractivity contribution in [1.29, 1.82) is 10.5 Å². The van der Waals surface area contributed by atoms with Crippen molar-refractivity contribution in [3.8, 4) is 12.1 Å². The SMILES string of the molecule is N#Cc1ccnc(NS(=O)(=O)c2cccc(N(C(=O)[C@@H]3CCS(=O)(=O)N3c3cc(C#N)ccn3)[C@H](C(=O)NC3CCCCC3)c3ccccc3Cl)c2)c1. The standard InChI is InChI=1S/C36H33ClN8O6S2/c37-30-12-5-4-11-29(30)34(35(46)42-26-7-2-1-3-8-26)44(36(47)31-15-18-52(48,49)45(31)33-20-25(23-39)14-17-41-33)27-9-6-10-28(21-27)53(50,51)43-32-19-24(22-38)13-16-40-32/h4-6,9-14,16-17,19-21,26,31,34H,1-3,7-8,15,18H2,(H,40,43)(H,42,46)/t31-,34-/m0/s1. The third-order valence-corrected chi connectivity index (χ3v) is 12.5. The maximum atomic E-state index is 15.1. The van der Waals surface area contributed by atoms with Gasteiger partial charge in [-0.25, -0.2) is 31.1 Å². The lowest BCUT2D eigenvalue weighted by molar-refractivity contribution is -0.127. The van der Waals surface area contributed by atoms with Gasteiger partial charge in [0.25, 0.3) is 15.9 Å². The van der Waals surface area contributed by atoms with Crippen molar-refractivity contribution in [1.82, 2.24) is 15.3 Å². The minimum Gasteiger partial charge on any atom is -0.351 e. The highest BCUT2D eigenvalue weighted by atomic mass is 35.5. The highest BCUT2D eigenvalue weighted by Gasteiger charge is 2.47. The lowest BCUT2D eigenvalue weighted by Gasteiger charge is -2.36. The summed E-state index contributed by atoms with van der Waals surface area (Å²) in [6.45, 7) is 0. The van der Waals surface area contributed by atoms with Gasteiger partial charge < -0.3 is 5.32 Å². The topological polar surface area (TPSA) is 206 Å². The third-order valence-electron chi connectivity index (χ3n) is 9.05. The minimum absolute atomic E-state index is 0.0525. The van der Waals surface area contributed by atoms with Crippen LogP contribution in [-0.4, -0.2) is 56.5 Å². The molecule has 0 radical (unpaired) electrons. The predicted molar refractivity (Wildman–Crippen MR) is 197 cm³/mol. The number of anilines is 3. The summed E-state index contributed by atoms with van der Waals surface area (Å²) in [4.78, 5) is 38.6. The van der Waals surface area contributed by atoms with Crippen LogP contribution >= 0.6 is 11.6 Å². The number of nitrogens with zero attached hydrogens (tertiary/aromatic N) is 6. The monoisotopic (exact) mass is 772 g/mol. The van der Waals surface area contributed by atoms with E-state index in [2.05, 4.69) is 20.0 Å². The Morgan fingerprint density at radius 3 is 2.32 bits per heavy atom. The van der Waals surface area contributed by atoms with Crippen LogP contribution in [0.1, 0.15) is 61.3 Å². The molecule has 4 aromatic rings. The third kappa shape index (κ3) is 8.10. The molecule has 2 atom stereocenters. The van der Waals surface area contributed by atoms with Gasteiger partial charge in [-0.15, -0.1) is 0 Å². The van der Waals surface area contributed by atoms with Crippen molar-refractivity contribution in [2.75, 3.05) is 19.7 Å². The molecule has 2 amide bonds. The molecule has 6 rings (SSSR count). The molecule has 2 aliphatic rings. The minimum atomic E-state index is -4.39. The van der Waals surface area contributed by atoms with E-state index in [9.17, 15) is 32.2 Å².